The first kappa shape index (κ1) is 42.4. The molecular weight excluding hydrogens is 776 g/mol. The number of ether oxygens (including phenoxy) is 9. The lowest BCUT2D eigenvalue weighted by atomic mass is 9.44. The van der Waals surface area contributed by atoms with Crippen molar-refractivity contribution in [1.29, 1.82) is 0 Å². The molecule has 4 aliphatic carbocycles. The van der Waals surface area contributed by atoms with E-state index in [1.165, 1.54) is 13.8 Å². The molecule has 17 heteroatoms. The molecule has 0 unspecified atom stereocenters. The molecule has 5 N–H and O–H groups in total. The Hall–Kier alpha value is -1.87. The molecule has 59 heavy (non-hydrogen) atoms. The van der Waals surface area contributed by atoms with Crippen molar-refractivity contribution in [2.45, 2.75) is 196 Å². The molecule has 4 saturated carbocycles. The van der Waals surface area contributed by atoms with E-state index < -0.39 is 96.9 Å². The molecule has 22 atom stereocenters. The van der Waals surface area contributed by atoms with Gasteiger partial charge in [-0.2, -0.15) is 0 Å². The molecule has 5 aliphatic heterocycles. The highest BCUT2D eigenvalue weighted by Crippen LogP contribution is 2.81. The summed E-state index contributed by atoms with van der Waals surface area (Å²) in [5.41, 5.74) is -1.50. The van der Waals surface area contributed by atoms with Crippen molar-refractivity contribution in [3.05, 3.63) is 0 Å². The molecule has 9 rings (SSSR count). The summed E-state index contributed by atoms with van der Waals surface area (Å²) in [6, 6.07) is 0. The van der Waals surface area contributed by atoms with Crippen molar-refractivity contribution in [1.82, 2.24) is 0 Å². The molecule has 5 saturated heterocycles. The number of hydrogen-bond donors (Lipinski definition) is 5. The summed E-state index contributed by atoms with van der Waals surface area (Å²) in [6.45, 7) is 9.11. The van der Waals surface area contributed by atoms with Crippen molar-refractivity contribution >= 4 is 17.7 Å². The van der Waals surface area contributed by atoms with E-state index >= 15 is 0 Å². The van der Waals surface area contributed by atoms with Crippen LogP contribution in [0.25, 0.3) is 0 Å². The Morgan fingerprint density at radius 1 is 0.763 bits per heavy atom. The molecule has 0 aromatic rings. The third-order valence-corrected chi connectivity index (χ3v) is 16.6. The van der Waals surface area contributed by atoms with Crippen molar-refractivity contribution in [3.63, 3.8) is 0 Å². The fourth-order valence-electron chi connectivity index (χ4n) is 13.4. The first-order chi connectivity index (χ1) is 27.9. The molecule has 2 spiro atoms. The number of fused-ring (bicyclic) bond motifs is 2. The third kappa shape index (κ3) is 6.58. The van der Waals surface area contributed by atoms with Gasteiger partial charge in [0, 0.05) is 31.6 Å². The van der Waals surface area contributed by atoms with Crippen LogP contribution in [0.1, 0.15) is 98.8 Å². The summed E-state index contributed by atoms with van der Waals surface area (Å²) >= 11 is 0. The summed E-state index contributed by atoms with van der Waals surface area (Å²) in [5, 5.41) is 52.6. The Kier molecular flexibility index (Phi) is 10.9. The highest BCUT2D eigenvalue weighted by molar-refractivity contribution is 5.90. The fraction of sp³-hybridized carbons (Fsp3) is 0.929. The van der Waals surface area contributed by atoms with Crippen molar-refractivity contribution in [2.24, 2.45) is 34.5 Å². The Bertz CT molecular complexity index is 1650. The van der Waals surface area contributed by atoms with Crippen LogP contribution in [0.5, 0.6) is 0 Å². The van der Waals surface area contributed by atoms with Gasteiger partial charge in [0.2, 0.25) is 0 Å². The van der Waals surface area contributed by atoms with Crippen LogP contribution in [0.4, 0.5) is 0 Å². The molecule has 0 aromatic carbocycles. The smallest absolute Gasteiger partial charge is 0.306 e. The van der Waals surface area contributed by atoms with Crippen molar-refractivity contribution < 1.29 is 82.5 Å². The molecule has 0 radical (unpaired) electrons. The maximum atomic E-state index is 14.4. The van der Waals surface area contributed by atoms with E-state index in [-0.39, 0.29) is 59.7 Å². The maximum Gasteiger partial charge on any atom is 0.306 e. The van der Waals surface area contributed by atoms with E-state index in [1.54, 1.807) is 6.92 Å². The Morgan fingerprint density at radius 3 is 2.25 bits per heavy atom. The molecule has 332 valence electrons. The van der Waals surface area contributed by atoms with Gasteiger partial charge in [0.25, 0.3) is 0 Å². The van der Waals surface area contributed by atoms with E-state index in [9.17, 15) is 39.9 Å². The lowest BCUT2D eigenvalue weighted by Crippen LogP contribution is -2.62. The van der Waals surface area contributed by atoms with Crippen LogP contribution in [0.15, 0.2) is 0 Å². The zero-order valence-corrected chi connectivity index (χ0v) is 34.5. The van der Waals surface area contributed by atoms with E-state index in [0.717, 1.165) is 44.9 Å². The van der Waals surface area contributed by atoms with Crippen molar-refractivity contribution in [3.8, 4) is 0 Å². The van der Waals surface area contributed by atoms with Gasteiger partial charge in [-0.05, 0) is 83.0 Å². The summed E-state index contributed by atoms with van der Waals surface area (Å²) in [7, 11) is 0. The lowest BCUT2D eigenvalue weighted by molar-refractivity contribution is -0.354. The number of carbonyl (C=O) groups excluding carboxylic acids is 3. The number of Topliss-reactive ketones (excluding diaryl/α,β-unsaturated/α-hetero) is 1. The number of hydrogen-bond acceptors (Lipinski definition) is 17. The van der Waals surface area contributed by atoms with Crippen LogP contribution >= 0.6 is 0 Å². The number of aliphatic hydroxyl groups is 5. The van der Waals surface area contributed by atoms with Gasteiger partial charge in [0.15, 0.2) is 18.9 Å². The number of ketones is 1. The minimum atomic E-state index is -1.63. The second-order valence-electron chi connectivity index (χ2n) is 19.6. The predicted molar refractivity (Wildman–Crippen MR) is 197 cm³/mol. The highest BCUT2D eigenvalue weighted by atomic mass is 16.8. The summed E-state index contributed by atoms with van der Waals surface area (Å²) in [6.07, 6.45) is -8.71. The first-order valence-corrected chi connectivity index (χ1v) is 21.8. The minimum Gasteiger partial charge on any atom is -0.465 e. The van der Waals surface area contributed by atoms with Crippen LogP contribution in [0.2, 0.25) is 0 Å². The van der Waals surface area contributed by atoms with Gasteiger partial charge in [0.05, 0.1) is 43.4 Å². The average Bonchev–Trinajstić information content (AvgIpc) is 3.47. The van der Waals surface area contributed by atoms with Crippen LogP contribution in [0, 0.1) is 34.5 Å². The Labute approximate surface area is 343 Å². The number of carbonyl (C=O) groups is 3. The molecule has 0 aromatic heterocycles. The number of aliphatic hydroxyl groups excluding tert-OH is 5. The van der Waals surface area contributed by atoms with Gasteiger partial charge in [0.1, 0.15) is 65.8 Å². The molecular formula is C42H62O17. The Balaban J connectivity index is 0.813. The number of rotatable bonds is 8. The standard InChI is InChI=1S/C42H62O17/c1-18-31(46)33(48)35(50)38(54-18)57-26-17-52-37(34(49)32(26)47)58-36-19(2)53-30(14-25(36)55-20(3)43)56-23-7-9-39(4)22(13-23)6-10-41-27(39)15-28(44)40(5)24(8-11-42(40,41)59-41)21-12-29(45)51-16-21/h18-19,21-27,30-38,46-50H,6-17H2,1-5H3/t18-,19+,21-,22-,23-,24+,25-,26+,27+,30-,31-,32-,33+,34+,35+,36+,37-,38-,39-,40-,41-,42+/m0/s1. The van der Waals surface area contributed by atoms with Gasteiger partial charge in [-0.1, -0.05) is 6.92 Å². The van der Waals surface area contributed by atoms with Gasteiger partial charge >= 0.3 is 11.9 Å². The van der Waals surface area contributed by atoms with Crippen LogP contribution in [-0.2, 0) is 57.0 Å². The topological polar surface area (TPSA) is 239 Å². The largest absolute Gasteiger partial charge is 0.465 e. The van der Waals surface area contributed by atoms with Crippen LogP contribution < -0.4 is 0 Å². The highest BCUT2D eigenvalue weighted by Gasteiger charge is 2.88. The normalized spacial score (nSPS) is 55.6. The quantitative estimate of drug-likeness (QED) is 0.129. The van der Waals surface area contributed by atoms with Crippen LogP contribution in [-0.4, -0.2) is 154 Å². The lowest BCUT2D eigenvalue weighted by Gasteiger charge is -2.58. The molecule has 9 fully saturated rings. The van der Waals surface area contributed by atoms with E-state index in [0.29, 0.717) is 25.4 Å². The van der Waals surface area contributed by atoms with E-state index in [4.69, 9.17) is 42.6 Å². The minimum absolute atomic E-state index is 0.0607. The van der Waals surface area contributed by atoms with Crippen molar-refractivity contribution in [2.75, 3.05) is 13.2 Å². The second kappa shape index (κ2) is 15.1. The predicted octanol–water partition coefficient (Wildman–Crippen LogP) is 0.791. The number of cyclic esters (lactones) is 1. The zero-order chi connectivity index (χ0) is 42.0. The number of epoxide rings is 1. The molecule has 17 nitrogen and oxygen atoms in total. The SMILES string of the molecule is CC(=O)O[C@H]1C[C@H](O[C@H]2CC[C@@]3(C)[C@@H](CC[C@@]45O[C@@]46CC[C@H]([C@@H]4COC(=O)C4)[C@@]6(C)C(=O)C[C@H]35)C2)O[C@H](C)[C@H]1O[C@@H]1OC[C@@H](O[C@@H]2O[C@@H](C)[C@H](O)[C@@H](O)[C@H]2O)[C@H](O)[C@H]1O. The van der Waals surface area contributed by atoms with Gasteiger partial charge in [-0.3, -0.25) is 14.4 Å². The fourth-order valence-corrected chi connectivity index (χ4v) is 13.4. The second-order valence-corrected chi connectivity index (χ2v) is 19.6. The van der Waals surface area contributed by atoms with Crippen LogP contribution in [0.3, 0.4) is 0 Å². The van der Waals surface area contributed by atoms with Gasteiger partial charge in [-0.25, -0.2) is 0 Å². The first-order valence-electron chi connectivity index (χ1n) is 21.8. The van der Waals surface area contributed by atoms with E-state index in [1.807, 2.05) is 0 Å². The summed E-state index contributed by atoms with van der Waals surface area (Å²) in [4.78, 5) is 38.8. The zero-order valence-electron chi connectivity index (χ0n) is 34.5. The summed E-state index contributed by atoms with van der Waals surface area (Å²) in [5.74, 6) is 0.136. The molecule has 5 heterocycles. The third-order valence-electron chi connectivity index (χ3n) is 16.6. The molecule has 0 bridgehead atoms. The van der Waals surface area contributed by atoms with E-state index in [2.05, 4.69) is 13.8 Å². The average molecular weight is 839 g/mol. The maximum absolute atomic E-state index is 14.4. The summed E-state index contributed by atoms with van der Waals surface area (Å²) < 4.78 is 54.1. The molecule has 0 amide bonds. The monoisotopic (exact) mass is 838 g/mol. The number of esters is 2. The van der Waals surface area contributed by atoms with Gasteiger partial charge < -0.3 is 68.2 Å². The molecule has 9 aliphatic rings. The van der Waals surface area contributed by atoms with Gasteiger partial charge in [-0.15, -0.1) is 0 Å². The Morgan fingerprint density at radius 2 is 1.53 bits per heavy atom.